The molecule has 0 heterocycles. The third kappa shape index (κ3) is 3.88. The van der Waals surface area contributed by atoms with E-state index >= 15 is 0 Å². The van der Waals surface area contributed by atoms with Crippen molar-refractivity contribution in [1.82, 2.24) is 0 Å². The summed E-state index contributed by atoms with van der Waals surface area (Å²) in [6.45, 7) is 5.27. The molecule has 0 radical (unpaired) electrons. The van der Waals surface area contributed by atoms with Crippen molar-refractivity contribution in [3.8, 4) is 0 Å². The molecule has 0 unspecified atom stereocenters. The number of nitrogens with two attached hydrogens (primary N) is 1. The fourth-order valence-electron chi connectivity index (χ4n) is 1.57. The number of hydrogen-bond donors (Lipinski definition) is 2. The topological polar surface area (TPSA) is 46.2 Å². The van der Waals surface area contributed by atoms with Gasteiger partial charge in [0.1, 0.15) is 11.6 Å². The molecule has 0 aromatic heterocycles. The maximum atomic E-state index is 13.6. The highest BCUT2D eigenvalue weighted by Gasteiger charge is 2.32. The normalized spacial score (nSPS) is 14.9. The first kappa shape index (κ1) is 17.8. The number of hydrogen-bond acceptors (Lipinski definition) is 2. The van der Waals surface area contributed by atoms with Gasteiger partial charge in [-0.15, -0.1) is 12.4 Å². The summed E-state index contributed by atoms with van der Waals surface area (Å²) in [5.41, 5.74) is 4.90. The average molecular weight is 345 g/mol. The third-order valence-corrected chi connectivity index (χ3v) is 3.06. The number of aliphatic hydroxyl groups is 1. The molecule has 1 rings (SSSR count). The highest BCUT2D eigenvalue weighted by Crippen LogP contribution is 2.32. The molecule has 104 valence electrons. The van der Waals surface area contributed by atoms with Crippen LogP contribution in [0.4, 0.5) is 8.78 Å². The van der Waals surface area contributed by atoms with Gasteiger partial charge in [0.15, 0.2) is 0 Å². The van der Waals surface area contributed by atoms with Crippen LogP contribution in [-0.2, 0) is 0 Å². The van der Waals surface area contributed by atoms with Crippen molar-refractivity contribution in [1.29, 1.82) is 0 Å². The zero-order chi connectivity index (χ0) is 13.4. The molecule has 3 N–H and O–H groups in total. The SMILES string of the molecule is CC(C)(C)[C@@H](O)[C@@H](N)c1c(F)cc(Br)cc1F.Cl. The Balaban J connectivity index is 0.00000289. The molecule has 18 heavy (non-hydrogen) atoms. The van der Waals surface area contributed by atoms with E-state index in [0.717, 1.165) is 12.1 Å². The van der Waals surface area contributed by atoms with E-state index in [1.807, 2.05) is 0 Å². The Morgan fingerprint density at radius 3 is 1.94 bits per heavy atom. The van der Waals surface area contributed by atoms with Crippen molar-refractivity contribution in [3.63, 3.8) is 0 Å². The second kappa shape index (κ2) is 6.28. The Hall–Kier alpha value is -0.230. The Morgan fingerprint density at radius 1 is 1.22 bits per heavy atom. The molecule has 0 aliphatic rings. The molecular weight excluding hydrogens is 327 g/mol. The number of aliphatic hydroxyl groups excluding tert-OH is 1. The van der Waals surface area contributed by atoms with Crippen LogP contribution < -0.4 is 5.73 Å². The third-order valence-electron chi connectivity index (χ3n) is 2.60. The molecule has 0 aliphatic carbocycles. The maximum absolute atomic E-state index is 13.6. The van der Waals surface area contributed by atoms with Crippen LogP contribution in [-0.4, -0.2) is 11.2 Å². The van der Waals surface area contributed by atoms with Gasteiger partial charge in [-0.05, 0) is 17.5 Å². The van der Waals surface area contributed by atoms with Crippen LogP contribution >= 0.6 is 28.3 Å². The van der Waals surface area contributed by atoms with E-state index < -0.39 is 29.2 Å². The number of halogens is 4. The van der Waals surface area contributed by atoms with Crippen molar-refractivity contribution in [2.24, 2.45) is 11.1 Å². The van der Waals surface area contributed by atoms with Gasteiger partial charge in [0.05, 0.1) is 12.1 Å². The van der Waals surface area contributed by atoms with Crippen molar-refractivity contribution in [3.05, 3.63) is 33.8 Å². The van der Waals surface area contributed by atoms with E-state index in [1.165, 1.54) is 0 Å². The lowest BCUT2D eigenvalue weighted by atomic mass is 9.82. The van der Waals surface area contributed by atoms with E-state index in [2.05, 4.69) is 15.9 Å². The van der Waals surface area contributed by atoms with Gasteiger partial charge in [-0.1, -0.05) is 36.7 Å². The van der Waals surface area contributed by atoms with Gasteiger partial charge in [-0.3, -0.25) is 0 Å². The summed E-state index contributed by atoms with van der Waals surface area (Å²) < 4.78 is 27.6. The van der Waals surface area contributed by atoms with Gasteiger partial charge in [0, 0.05) is 10.0 Å². The summed E-state index contributed by atoms with van der Waals surface area (Å²) in [7, 11) is 0. The first-order valence-electron chi connectivity index (χ1n) is 5.22. The monoisotopic (exact) mass is 343 g/mol. The summed E-state index contributed by atoms with van der Waals surface area (Å²) in [6.07, 6.45) is -1.03. The van der Waals surface area contributed by atoms with Crippen LogP contribution in [0, 0.1) is 17.0 Å². The summed E-state index contributed by atoms with van der Waals surface area (Å²) in [5, 5.41) is 9.96. The van der Waals surface area contributed by atoms with E-state index in [9.17, 15) is 13.9 Å². The highest BCUT2D eigenvalue weighted by molar-refractivity contribution is 9.10. The lowest BCUT2D eigenvalue weighted by molar-refractivity contribution is 0.0381. The smallest absolute Gasteiger partial charge is 0.132 e. The van der Waals surface area contributed by atoms with Crippen LogP contribution in [0.1, 0.15) is 32.4 Å². The molecular formula is C12H17BrClF2NO. The van der Waals surface area contributed by atoms with E-state index in [4.69, 9.17) is 5.73 Å². The molecule has 6 heteroatoms. The summed E-state index contributed by atoms with van der Waals surface area (Å²) in [4.78, 5) is 0. The van der Waals surface area contributed by atoms with Crippen LogP contribution in [0.25, 0.3) is 0 Å². The second-order valence-electron chi connectivity index (χ2n) is 5.12. The lowest BCUT2D eigenvalue weighted by Crippen LogP contribution is -2.38. The minimum absolute atomic E-state index is 0. The largest absolute Gasteiger partial charge is 0.391 e. The van der Waals surface area contributed by atoms with E-state index in [-0.39, 0.29) is 18.0 Å². The molecule has 1 aromatic carbocycles. The molecule has 0 saturated carbocycles. The zero-order valence-electron chi connectivity index (χ0n) is 10.4. The van der Waals surface area contributed by atoms with E-state index in [1.54, 1.807) is 20.8 Å². The number of benzene rings is 1. The van der Waals surface area contributed by atoms with Crippen molar-refractivity contribution in [2.45, 2.75) is 32.9 Å². The van der Waals surface area contributed by atoms with Crippen molar-refractivity contribution < 1.29 is 13.9 Å². The molecule has 0 saturated heterocycles. The van der Waals surface area contributed by atoms with Gasteiger partial charge in [-0.25, -0.2) is 8.78 Å². The Morgan fingerprint density at radius 2 is 1.61 bits per heavy atom. The van der Waals surface area contributed by atoms with Crippen LogP contribution in [0.5, 0.6) is 0 Å². The molecule has 0 fully saturated rings. The lowest BCUT2D eigenvalue weighted by Gasteiger charge is -2.31. The first-order valence-corrected chi connectivity index (χ1v) is 6.02. The Bertz CT molecular complexity index is 400. The first-order chi connectivity index (χ1) is 7.64. The Kier molecular flexibility index (Phi) is 6.20. The number of rotatable bonds is 2. The van der Waals surface area contributed by atoms with Crippen LogP contribution in [0.15, 0.2) is 16.6 Å². The van der Waals surface area contributed by atoms with Crippen LogP contribution in [0.3, 0.4) is 0 Å². The van der Waals surface area contributed by atoms with Gasteiger partial charge in [0.2, 0.25) is 0 Å². The van der Waals surface area contributed by atoms with Crippen LogP contribution in [0.2, 0.25) is 0 Å². The second-order valence-corrected chi connectivity index (χ2v) is 6.04. The summed E-state index contributed by atoms with van der Waals surface area (Å²) in [6, 6.07) is 1.17. The van der Waals surface area contributed by atoms with Crippen molar-refractivity contribution in [2.75, 3.05) is 0 Å². The fraction of sp³-hybridized carbons (Fsp3) is 0.500. The summed E-state index contributed by atoms with van der Waals surface area (Å²) >= 11 is 2.99. The molecule has 0 amide bonds. The standard InChI is InChI=1S/C12H16BrF2NO.ClH/c1-12(2,3)11(17)10(16)9-7(14)4-6(13)5-8(9)15;/h4-5,10-11,17H,16H2,1-3H3;1H/t10-,11-;/m0./s1. The van der Waals surface area contributed by atoms with Gasteiger partial charge >= 0.3 is 0 Å². The van der Waals surface area contributed by atoms with Gasteiger partial charge in [-0.2, -0.15) is 0 Å². The van der Waals surface area contributed by atoms with Gasteiger partial charge < -0.3 is 10.8 Å². The predicted molar refractivity (Wildman–Crippen MR) is 73.7 cm³/mol. The minimum Gasteiger partial charge on any atom is -0.391 e. The van der Waals surface area contributed by atoms with Crippen molar-refractivity contribution >= 4 is 28.3 Å². The molecule has 2 atom stereocenters. The zero-order valence-corrected chi connectivity index (χ0v) is 12.8. The predicted octanol–water partition coefficient (Wildman–Crippen LogP) is 3.56. The Labute approximate surface area is 120 Å². The minimum atomic E-state index is -1.09. The molecule has 0 spiro atoms. The molecule has 1 aromatic rings. The van der Waals surface area contributed by atoms with Gasteiger partial charge in [0.25, 0.3) is 0 Å². The highest BCUT2D eigenvalue weighted by atomic mass is 79.9. The fourth-order valence-corrected chi connectivity index (χ4v) is 1.97. The molecule has 0 bridgehead atoms. The molecule has 0 aliphatic heterocycles. The average Bonchev–Trinajstić information content (AvgIpc) is 2.13. The maximum Gasteiger partial charge on any atom is 0.132 e. The quantitative estimate of drug-likeness (QED) is 0.862. The molecule has 2 nitrogen and oxygen atoms in total. The van der Waals surface area contributed by atoms with E-state index in [0.29, 0.717) is 4.47 Å². The summed E-state index contributed by atoms with van der Waals surface area (Å²) in [5.74, 6) is -1.51.